The van der Waals surface area contributed by atoms with E-state index in [9.17, 15) is 9.59 Å². The number of hydrogen-bond donors (Lipinski definition) is 1. The molecule has 0 bridgehead atoms. The van der Waals surface area contributed by atoms with Gasteiger partial charge in [-0.1, -0.05) is 42.1 Å². The highest BCUT2D eigenvalue weighted by atomic mass is 32.2. The number of amides is 2. The van der Waals surface area contributed by atoms with E-state index in [4.69, 9.17) is 10.2 Å². The lowest BCUT2D eigenvalue weighted by atomic mass is 9.96. The predicted octanol–water partition coefficient (Wildman–Crippen LogP) is 1.48. The molecule has 1 aliphatic heterocycles. The third-order valence-corrected chi connectivity index (χ3v) is 5.02. The van der Waals surface area contributed by atoms with E-state index in [2.05, 4.69) is 10.2 Å². The quantitative estimate of drug-likeness (QED) is 0.783. The van der Waals surface area contributed by atoms with E-state index in [0.29, 0.717) is 43.5 Å². The molecule has 1 aromatic carbocycles. The summed E-state index contributed by atoms with van der Waals surface area (Å²) in [7, 11) is 0. The lowest BCUT2D eigenvalue weighted by Crippen LogP contribution is -2.42. The second kappa shape index (κ2) is 8.15. The zero-order valence-corrected chi connectivity index (χ0v) is 14.6. The fraction of sp³-hybridized carbons (Fsp3) is 0.412. The van der Waals surface area contributed by atoms with Crippen LogP contribution in [0, 0.1) is 5.92 Å². The minimum atomic E-state index is -0.279. The van der Waals surface area contributed by atoms with Crippen LogP contribution in [-0.2, 0) is 16.0 Å². The molecular weight excluding hydrogens is 340 g/mol. The van der Waals surface area contributed by atoms with Crippen LogP contribution in [0.3, 0.4) is 0 Å². The third-order valence-electron chi connectivity index (χ3n) is 4.22. The summed E-state index contributed by atoms with van der Waals surface area (Å²) in [5.74, 6) is 0.388. The summed E-state index contributed by atoms with van der Waals surface area (Å²) >= 11 is 1.24. The van der Waals surface area contributed by atoms with Gasteiger partial charge in [-0.2, -0.15) is 0 Å². The molecule has 0 unspecified atom stereocenters. The SMILES string of the molecule is NC(=O)C1CCN(C(=O)CSc2nnc(Cc3ccccc3)o2)CC1. The van der Waals surface area contributed by atoms with Crippen molar-refractivity contribution in [2.45, 2.75) is 24.5 Å². The van der Waals surface area contributed by atoms with Gasteiger partial charge < -0.3 is 15.1 Å². The van der Waals surface area contributed by atoms with E-state index in [1.54, 1.807) is 4.90 Å². The highest BCUT2D eigenvalue weighted by Gasteiger charge is 2.26. The molecule has 0 aliphatic carbocycles. The van der Waals surface area contributed by atoms with Crippen molar-refractivity contribution in [2.24, 2.45) is 11.7 Å². The molecule has 0 atom stereocenters. The number of benzene rings is 1. The van der Waals surface area contributed by atoms with Crippen molar-refractivity contribution in [1.82, 2.24) is 15.1 Å². The van der Waals surface area contributed by atoms with Gasteiger partial charge in [0.15, 0.2) is 0 Å². The Morgan fingerprint density at radius 1 is 1.20 bits per heavy atom. The van der Waals surface area contributed by atoms with E-state index in [0.717, 1.165) is 5.56 Å². The first-order chi connectivity index (χ1) is 12.1. The first-order valence-electron chi connectivity index (χ1n) is 8.18. The summed E-state index contributed by atoms with van der Waals surface area (Å²) in [4.78, 5) is 25.2. The van der Waals surface area contributed by atoms with E-state index >= 15 is 0 Å². The lowest BCUT2D eigenvalue weighted by molar-refractivity contribution is -0.132. The Labute approximate surface area is 150 Å². The molecule has 8 heteroatoms. The monoisotopic (exact) mass is 360 g/mol. The number of aromatic nitrogens is 2. The summed E-state index contributed by atoms with van der Waals surface area (Å²) in [6.45, 7) is 1.13. The molecule has 0 radical (unpaired) electrons. The molecule has 7 nitrogen and oxygen atoms in total. The van der Waals surface area contributed by atoms with Gasteiger partial charge in [-0.3, -0.25) is 9.59 Å². The smallest absolute Gasteiger partial charge is 0.277 e. The van der Waals surface area contributed by atoms with Crippen molar-refractivity contribution in [1.29, 1.82) is 0 Å². The molecule has 1 fully saturated rings. The van der Waals surface area contributed by atoms with Crippen LogP contribution in [0.25, 0.3) is 0 Å². The molecule has 2 amide bonds. The average Bonchev–Trinajstić information content (AvgIpc) is 3.08. The Morgan fingerprint density at radius 2 is 1.92 bits per heavy atom. The molecule has 2 aromatic rings. The fourth-order valence-electron chi connectivity index (χ4n) is 2.77. The van der Waals surface area contributed by atoms with Crippen molar-refractivity contribution in [3.63, 3.8) is 0 Å². The number of nitrogens with zero attached hydrogens (tertiary/aromatic N) is 3. The Morgan fingerprint density at radius 3 is 2.60 bits per heavy atom. The van der Waals surface area contributed by atoms with Gasteiger partial charge in [-0.05, 0) is 18.4 Å². The van der Waals surface area contributed by atoms with Crippen LogP contribution in [0.5, 0.6) is 0 Å². The molecule has 2 heterocycles. The van der Waals surface area contributed by atoms with Crippen LogP contribution in [0.4, 0.5) is 0 Å². The average molecular weight is 360 g/mol. The van der Waals surface area contributed by atoms with Crippen LogP contribution in [0.15, 0.2) is 40.0 Å². The second-order valence-corrected chi connectivity index (χ2v) is 6.90. The van der Waals surface area contributed by atoms with Crippen molar-refractivity contribution in [2.75, 3.05) is 18.8 Å². The Hall–Kier alpha value is -2.35. The van der Waals surface area contributed by atoms with Crippen LogP contribution in [-0.4, -0.2) is 45.8 Å². The number of primary amides is 1. The van der Waals surface area contributed by atoms with E-state index in [-0.39, 0.29) is 23.5 Å². The van der Waals surface area contributed by atoms with Gasteiger partial charge in [0.1, 0.15) is 0 Å². The molecular formula is C17H20N4O3S. The third kappa shape index (κ3) is 4.82. The van der Waals surface area contributed by atoms with Gasteiger partial charge >= 0.3 is 0 Å². The first kappa shape index (κ1) is 17.5. The maximum Gasteiger partial charge on any atom is 0.277 e. The number of likely N-dealkylation sites (tertiary alicyclic amines) is 1. The van der Waals surface area contributed by atoms with Crippen LogP contribution < -0.4 is 5.73 Å². The number of piperidine rings is 1. The van der Waals surface area contributed by atoms with E-state index in [1.807, 2.05) is 30.3 Å². The van der Waals surface area contributed by atoms with Gasteiger partial charge in [0.05, 0.1) is 12.2 Å². The Kier molecular flexibility index (Phi) is 5.70. The molecule has 1 saturated heterocycles. The summed E-state index contributed by atoms with van der Waals surface area (Å²) in [6, 6.07) is 9.87. The van der Waals surface area contributed by atoms with E-state index in [1.165, 1.54) is 11.8 Å². The van der Waals surface area contributed by atoms with Crippen molar-refractivity contribution >= 4 is 23.6 Å². The Bertz CT molecular complexity index is 727. The molecule has 132 valence electrons. The normalized spacial score (nSPS) is 15.3. The molecule has 2 N–H and O–H groups in total. The van der Waals surface area contributed by atoms with Crippen LogP contribution in [0.1, 0.15) is 24.3 Å². The molecule has 0 saturated carbocycles. The summed E-state index contributed by atoms with van der Waals surface area (Å²) in [5, 5.41) is 8.39. The second-order valence-electron chi connectivity index (χ2n) is 5.97. The maximum absolute atomic E-state index is 12.2. The molecule has 0 spiro atoms. The number of carbonyl (C=O) groups is 2. The number of rotatable bonds is 6. The number of carbonyl (C=O) groups excluding carboxylic acids is 2. The molecule has 1 aromatic heterocycles. The summed E-state index contributed by atoms with van der Waals surface area (Å²) < 4.78 is 5.58. The minimum Gasteiger partial charge on any atom is -0.416 e. The summed E-state index contributed by atoms with van der Waals surface area (Å²) in [6.07, 6.45) is 1.84. The zero-order valence-electron chi connectivity index (χ0n) is 13.8. The fourth-order valence-corrected chi connectivity index (χ4v) is 3.45. The van der Waals surface area contributed by atoms with Gasteiger partial charge in [0.2, 0.25) is 17.7 Å². The standard InChI is InChI=1S/C17H20N4O3S/c18-16(23)13-6-8-21(9-7-13)15(22)11-25-17-20-19-14(24-17)10-12-4-2-1-3-5-12/h1-5,13H,6-11H2,(H2,18,23). The number of thioether (sulfide) groups is 1. The maximum atomic E-state index is 12.2. The van der Waals surface area contributed by atoms with E-state index < -0.39 is 0 Å². The molecule has 25 heavy (non-hydrogen) atoms. The van der Waals surface area contributed by atoms with Crippen LogP contribution in [0.2, 0.25) is 0 Å². The van der Waals surface area contributed by atoms with Gasteiger partial charge in [0, 0.05) is 19.0 Å². The lowest BCUT2D eigenvalue weighted by Gasteiger charge is -2.30. The number of nitrogens with two attached hydrogens (primary N) is 1. The zero-order chi connectivity index (χ0) is 17.6. The van der Waals surface area contributed by atoms with Gasteiger partial charge in [-0.15, -0.1) is 10.2 Å². The largest absolute Gasteiger partial charge is 0.416 e. The molecule has 1 aliphatic rings. The summed E-state index contributed by atoms with van der Waals surface area (Å²) in [5.41, 5.74) is 6.40. The minimum absolute atomic E-state index is 0.00993. The van der Waals surface area contributed by atoms with Gasteiger partial charge in [0.25, 0.3) is 5.22 Å². The highest BCUT2D eigenvalue weighted by Crippen LogP contribution is 2.21. The van der Waals surface area contributed by atoms with Crippen molar-refractivity contribution in [3.8, 4) is 0 Å². The van der Waals surface area contributed by atoms with Crippen molar-refractivity contribution in [3.05, 3.63) is 41.8 Å². The molecule has 3 rings (SSSR count). The Balaban J connectivity index is 1.46. The predicted molar refractivity (Wildman–Crippen MR) is 92.8 cm³/mol. The van der Waals surface area contributed by atoms with Crippen LogP contribution >= 0.6 is 11.8 Å². The first-order valence-corrected chi connectivity index (χ1v) is 9.16. The van der Waals surface area contributed by atoms with Crippen molar-refractivity contribution < 1.29 is 14.0 Å². The number of hydrogen-bond acceptors (Lipinski definition) is 6. The topological polar surface area (TPSA) is 102 Å². The highest BCUT2D eigenvalue weighted by molar-refractivity contribution is 7.99. The van der Waals surface area contributed by atoms with Gasteiger partial charge in [-0.25, -0.2) is 0 Å².